The molecule has 0 spiro atoms. The number of nitrogens with two attached hydrogens (primary N) is 1. The first-order valence-corrected chi connectivity index (χ1v) is 9.06. The molecule has 0 heterocycles. The summed E-state index contributed by atoms with van der Waals surface area (Å²) >= 11 is 0. The smallest absolute Gasteiger partial charge is 0.251 e. The minimum Gasteiger partial charge on any atom is -0.495 e. The number of rotatable bonds is 7. The van der Waals surface area contributed by atoms with Crippen molar-refractivity contribution in [2.24, 2.45) is 11.7 Å². The van der Waals surface area contributed by atoms with E-state index in [2.05, 4.69) is 5.32 Å². The van der Waals surface area contributed by atoms with Gasteiger partial charge in [-0.05, 0) is 31.0 Å². The molecule has 0 aromatic heterocycles. The van der Waals surface area contributed by atoms with Crippen LogP contribution in [-0.4, -0.2) is 51.9 Å². The zero-order valence-electron chi connectivity index (χ0n) is 15.1. The van der Waals surface area contributed by atoms with Crippen LogP contribution < -0.4 is 15.8 Å². The molecule has 1 atom stereocenters. The van der Waals surface area contributed by atoms with E-state index in [1.54, 1.807) is 0 Å². The lowest BCUT2D eigenvalue weighted by molar-refractivity contribution is 0.0883. The van der Waals surface area contributed by atoms with Gasteiger partial charge in [-0.25, -0.2) is 12.7 Å². The summed E-state index contributed by atoms with van der Waals surface area (Å²) in [5, 5.41) is 2.89. The van der Waals surface area contributed by atoms with Gasteiger partial charge in [0.2, 0.25) is 10.0 Å². The van der Waals surface area contributed by atoms with Gasteiger partial charge in [0.15, 0.2) is 0 Å². The number of carbonyl (C=O) groups is 1. The second kappa shape index (κ2) is 7.50. The highest BCUT2D eigenvalue weighted by atomic mass is 32.2. The van der Waals surface area contributed by atoms with E-state index in [9.17, 15) is 13.2 Å². The average Bonchev–Trinajstić information content (AvgIpc) is 2.53. The van der Waals surface area contributed by atoms with Gasteiger partial charge in [-0.3, -0.25) is 4.79 Å². The van der Waals surface area contributed by atoms with E-state index in [1.807, 2.05) is 20.8 Å². The Morgan fingerprint density at radius 1 is 1.38 bits per heavy atom. The van der Waals surface area contributed by atoms with Crippen LogP contribution in [0.2, 0.25) is 0 Å². The number of ether oxygens (including phenoxy) is 1. The highest BCUT2D eigenvalue weighted by molar-refractivity contribution is 7.89. The summed E-state index contributed by atoms with van der Waals surface area (Å²) in [6, 6.07) is 4.32. The van der Waals surface area contributed by atoms with Gasteiger partial charge >= 0.3 is 0 Å². The number of benzene rings is 1. The normalized spacial score (nSPS) is 14.5. The van der Waals surface area contributed by atoms with E-state index >= 15 is 0 Å². The zero-order chi connectivity index (χ0) is 18.7. The molecular formula is C16H27N3O4S. The van der Waals surface area contributed by atoms with E-state index in [4.69, 9.17) is 10.5 Å². The Bertz CT molecular complexity index is 701. The second-order valence-electron chi connectivity index (χ2n) is 6.38. The maximum atomic E-state index is 12.6. The van der Waals surface area contributed by atoms with Crippen LogP contribution in [0, 0.1) is 5.92 Å². The van der Waals surface area contributed by atoms with Crippen LogP contribution in [0.1, 0.15) is 31.1 Å². The molecule has 8 heteroatoms. The number of nitrogens with one attached hydrogen (secondary N) is 1. The summed E-state index contributed by atoms with van der Waals surface area (Å²) in [6.45, 7) is 6.05. The third kappa shape index (κ3) is 4.06. The molecule has 0 aliphatic rings. The van der Waals surface area contributed by atoms with E-state index in [0.29, 0.717) is 0 Å². The third-order valence-electron chi connectivity index (χ3n) is 4.28. The van der Waals surface area contributed by atoms with Crippen molar-refractivity contribution in [3.05, 3.63) is 23.8 Å². The summed E-state index contributed by atoms with van der Waals surface area (Å²) in [5.74, 6) is -0.0742. The fourth-order valence-corrected chi connectivity index (χ4v) is 3.05. The Kier molecular flexibility index (Phi) is 6.38. The SMILES string of the molecule is COc1ccc(C(=O)NC(C)(CN)C(C)C)cc1S(=O)(=O)N(C)C. The number of amides is 1. The van der Waals surface area contributed by atoms with E-state index in [-0.39, 0.29) is 34.6 Å². The molecule has 1 rings (SSSR count). The Morgan fingerprint density at radius 3 is 2.38 bits per heavy atom. The van der Waals surface area contributed by atoms with Crippen molar-refractivity contribution >= 4 is 15.9 Å². The molecule has 1 amide bonds. The first-order chi connectivity index (χ1) is 11.0. The van der Waals surface area contributed by atoms with Gasteiger partial charge in [-0.1, -0.05) is 13.8 Å². The molecule has 3 N–H and O–H groups in total. The van der Waals surface area contributed by atoms with Crippen molar-refractivity contribution < 1.29 is 17.9 Å². The minimum absolute atomic E-state index is 0.0540. The molecule has 0 bridgehead atoms. The van der Waals surface area contributed by atoms with Gasteiger partial charge in [0.1, 0.15) is 10.6 Å². The van der Waals surface area contributed by atoms with Crippen molar-refractivity contribution in [1.82, 2.24) is 9.62 Å². The van der Waals surface area contributed by atoms with Gasteiger partial charge in [-0.2, -0.15) is 0 Å². The van der Waals surface area contributed by atoms with Gasteiger partial charge < -0.3 is 15.8 Å². The van der Waals surface area contributed by atoms with Crippen LogP contribution in [0.25, 0.3) is 0 Å². The summed E-state index contributed by atoms with van der Waals surface area (Å²) in [7, 11) is 0.490. The minimum atomic E-state index is -3.74. The molecule has 0 fully saturated rings. The quantitative estimate of drug-likeness (QED) is 0.759. The van der Waals surface area contributed by atoms with E-state index < -0.39 is 15.6 Å². The lowest BCUT2D eigenvalue weighted by Gasteiger charge is -2.33. The molecule has 1 unspecified atom stereocenters. The lowest BCUT2D eigenvalue weighted by atomic mass is 9.88. The number of carbonyl (C=O) groups excluding carboxylic acids is 1. The van der Waals surface area contributed by atoms with E-state index in [0.717, 1.165) is 4.31 Å². The Morgan fingerprint density at radius 2 is 1.96 bits per heavy atom. The standard InChI is InChI=1S/C16H27N3O4S/c1-11(2)16(3,10-17)18-15(20)12-7-8-13(23-6)14(9-12)24(21,22)19(4)5/h7-9,11H,10,17H2,1-6H3,(H,18,20). The Labute approximate surface area is 144 Å². The van der Waals surface area contributed by atoms with E-state index in [1.165, 1.54) is 39.4 Å². The van der Waals surface area contributed by atoms with Gasteiger partial charge in [0.25, 0.3) is 5.91 Å². The fraction of sp³-hybridized carbons (Fsp3) is 0.562. The van der Waals surface area contributed by atoms with Gasteiger partial charge in [-0.15, -0.1) is 0 Å². The van der Waals surface area contributed by atoms with Crippen molar-refractivity contribution in [1.29, 1.82) is 0 Å². The predicted molar refractivity (Wildman–Crippen MR) is 93.6 cm³/mol. The van der Waals surface area contributed by atoms with Crippen LogP contribution in [0.15, 0.2) is 23.1 Å². The summed E-state index contributed by atoms with van der Waals surface area (Å²) in [4.78, 5) is 12.5. The van der Waals surface area contributed by atoms with Crippen LogP contribution >= 0.6 is 0 Å². The topological polar surface area (TPSA) is 102 Å². The Hall–Kier alpha value is -1.64. The summed E-state index contributed by atoms with van der Waals surface area (Å²) < 4.78 is 31.1. The molecule has 0 aliphatic heterocycles. The number of nitrogens with zero attached hydrogens (tertiary/aromatic N) is 1. The fourth-order valence-electron chi connectivity index (χ4n) is 1.98. The monoisotopic (exact) mass is 357 g/mol. The molecule has 0 radical (unpaired) electrons. The van der Waals surface area contributed by atoms with Crippen molar-refractivity contribution in [3.8, 4) is 5.75 Å². The number of hydrogen-bond donors (Lipinski definition) is 2. The molecule has 0 saturated carbocycles. The number of methoxy groups -OCH3 is 1. The molecule has 24 heavy (non-hydrogen) atoms. The van der Waals surface area contributed by atoms with Crippen molar-refractivity contribution in [3.63, 3.8) is 0 Å². The first kappa shape index (κ1) is 20.4. The van der Waals surface area contributed by atoms with Crippen LogP contribution in [-0.2, 0) is 10.0 Å². The molecule has 1 aromatic carbocycles. The van der Waals surface area contributed by atoms with Crippen molar-refractivity contribution in [2.45, 2.75) is 31.2 Å². The number of sulfonamides is 1. The number of hydrogen-bond acceptors (Lipinski definition) is 5. The molecular weight excluding hydrogens is 330 g/mol. The lowest BCUT2D eigenvalue weighted by Crippen LogP contribution is -2.55. The van der Waals surface area contributed by atoms with Crippen molar-refractivity contribution in [2.75, 3.05) is 27.7 Å². The van der Waals surface area contributed by atoms with Crippen LogP contribution in [0.5, 0.6) is 5.75 Å². The zero-order valence-corrected chi connectivity index (χ0v) is 15.9. The predicted octanol–water partition coefficient (Wildman–Crippen LogP) is 1.05. The highest BCUT2D eigenvalue weighted by Gasteiger charge is 2.30. The van der Waals surface area contributed by atoms with Crippen LogP contribution in [0.3, 0.4) is 0 Å². The average molecular weight is 357 g/mol. The third-order valence-corrected chi connectivity index (χ3v) is 6.12. The maximum absolute atomic E-state index is 12.6. The molecule has 1 aromatic rings. The first-order valence-electron chi connectivity index (χ1n) is 7.62. The largest absolute Gasteiger partial charge is 0.495 e. The van der Waals surface area contributed by atoms with Crippen LogP contribution in [0.4, 0.5) is 0 Å². The Balaban J connectivity index is 3.31. The maximum Gasteiger partial charge on any atom is 0.251 e. The molecule has 136 valence electrons. The van der Waals surface area contributed by atoms with Gasteiger partial charge in [0.05, 0.1) is 12.6 Å². The highest BCUT2D eigenvalue weighted by Crippen LogP contribution is 2.27. The van der Waals surface area contributed by atoms with Gasteiger partial charge in [0, 0.05) is 26.2 Å². The summed E-state index contributed by atoms with van der Waals surface area (Å²) in [5.41, 5.74) is 5.43. The summed E-state index contributed by atoms with van der Waals surface area (Å²) in [6.07, 6.45) is 0. The molecule has 0 saturated heterocycles. The molecule has 7 nitrogen and oxygen atoms in total. The molecule has 0 aliphatic carbocycles. The second-order valence-corrected chi connectivity index (χ2v) is 8.50.